The van der Waals surface area contributed by atoms with Gasteiger partial charge in [0, 0.05) is 30.1 Å². The summed E-state index contributed by atoms with van der Waals surface area (Å²) in [7, 11) is 0. The number of morpholine rings is 1. The maximum Gasteiger partial charge on any atom is 0.270 e. The lowest BCUT2D eigenvalue weighted by molar-refractivity contribution is 0.0169. The number of carbonyl (C=O) groups is 1. The van der Waals surface area contributed by atoms with Gasteiger partial charge in [0.25, 0.3) is 5.91 Å². The number of ether oxygens (including phenoxy) is 1. The smallest absolute Gasteiger partial charge is 0.270 e. The Hall–Kier alpha value is -3.26. The third kappa shape index (κ3) is 4.90. The molecular weight excluding hydrogens is 432 g/mol. The van der Waals surface area contributed by atoms with Crippen molar-refractivity contribution >= 4 is 17.2 Å². The Morgan fingerprint density at radius 1 is 1.00 bits per heavy atom. The van der Waals surface area contributed by atoms with Gasteiger partial charge in [0.2, 0.25) is 0 Å². The second-order valence-corrected chi connectivity index (χ2v) is 8.90. The summed E-state index contributed by atoms with van der Waals surface area (Å²) in [5, 5.41) is 10.0. The zero-order valence-corrected chi connectivity index (χ0v) is 19.1. The van der Waals surface area contributed by atoms with Crippen molar-refractivity contribution in [1.82, 2.24) is 20.0 Å². The minimum Gasteiger partial charge on any atom is -0.379 e. The van der Waals surface area contributed by atoms with E-state index < -0.39 is 0 Å². The van der Waals surface area contributed by atoms with E-state index in [4.69, 9.17) is 9.84 Å². The predicted octanol–water partition coefficient (Wildman–Crippen LogP) is 4.40. The van der Waals surface area contributed by atoms with Gasteiger partial charge in [-0.25, -0.2) is 4.68 Å². The van der Waals surface area contributed by atoms with Crippen molar-refractivity contribution in [3.05, 3.63) is 94.8 Å². The van der Waals surface area contributed by atoms with Crippen LogP contribution in [0.1, 0.15) is 21.4 Å². The molecule has 1 fully saturated rings. The molecule has 0 aliphatic carbocycles. The van der Waals surface area contributed by atoms with Gasteiger partial charge >= 0.3 is 0 Å². The van der Waals surface area contributed by atoms with Crippen molar-refractivity contribution in [2.75, 3.05) is 32.8 Å². The van der Waals surface area contributed by atoms with E-state index in [9.17, 15) is 4.79 Å². The summed E-state index contributed by atoms with van der Waals surface area (Å²) in [6.07, 6.45) is 0. The van der Waals surface area contributed by atoms with E-state index in [0.29, 0.717) is 12.2 Å². The summed E-state index contributed by atoms with van der Waals surface area (Å²) < 4.78 is 7.26. The Morgan fingerprint density at radius 3 is 2.42 bits per heavy atom. The number of aromatic nitrogens is 2. The van der Waals surface area contributed by atoms with E-state index in [1.54, 1.807) is 16.0 Å². The van der Waals surface area contributed by atoms with Gasteiger partial charge in [-0.2, -0.15) is 5.10 Å². The highest BCUT2D eigenvalue weighted by Gasteiger charge is 2.25. The number of benzene rings is 2. The van der Waals surface area contributed by atoms with E-state index in [0.717, 1.165) is 43.2 Å². The number of carbonyl (C=O) groups excluding carboxylic acids is 1. The van der Waals surface area contributed by atoms with Gasteiger partial charge in [0.15, 0.2) is 0 Å². The van der Waals surface area contributed by atoms with Crippen molar-refractivity contribution in [1.29, 1.82) is 0 Å². The molecule has 2 aromatic heterocycles. The number of nitrogens with one attached hydrogen (secondary N) is 1. The molecule has 0 saturated carbocycles. The molecule has 0 unspecified atom stereocenters. The fourth-order valence-corrected chi connectivity index (χ4v) is 4.98. The van der Waals surface area contributed by atoms with Crippen molar-refractivity contribution in [2.24, 2.45) is 0 Å². The number of amides is 1. The molecule has 6 nitrogen and oxygen atoms in total. The molecule has 1 aliphatic heterocycles. The summed E-state index contributed by atoms with van der Waals surface area (Å²) >= 11 is 1.72. The maximum atomic E-state index is 13.4. The van der Waals surface area contributed by atoms with Gasteiger partial charge in [-0.3, -0.25) is 9.69 Å². The minimum absolute atomic E-state index is 0.125. The lowest BCUT2D eigenvalue weighted by Gasteiger charge is -2.34. The molecule has 1 aliphatic rings. The van der Waals surface area contributed by atoms with Crippen LogP contribution in [-0.4, -0.2) is 53.4 Å². The molecule has 1 atom stereocenters. The van der Waals surface area contributed by atoms with Gasteiger partial charge in [-0.1, -0.05) is 54.6 Å². The molecule has 7 heteroatoms. The highest BCUT2D eigenvalue weighted by molar-refractivity contribution is 7.10. The molecular formula is C26H26N4O2S. The summed E-state index contributed by atoms with van der Waals surface area (Å²) in [6, 6.07) is 25.9. The Labute approximate surface area is 197 Å². The highest BCUT2D eigenvalue weighted by Crippen LogP contribution is 2.26. The summed E-state index contributed by atoms with van der Waals surface area (Å²) in [5.41, 5.74) is 3.12. The van der Waals surface area contributed by atoms with Crippen LogP contribution in [0, 0.1) is 0 Å². The number of nitrogens with zero attached hydrogens (tertiary/aromatic N) is 3. The van der Waals surface area contributed by atoms with E-state index in [2.05, 4.69) is 27.7 Å². The van der Waals surface area contributed by atoms with E-state index in [-0.39, 0.29) is 11.9 Å². The Bertz CT molecular complexity index is 1170. The first kappa shape index (κ1) is 21.6. The molecule has 33 heavy (non-hydrogen) atoms. The summed E-state index contributed by atoms with van der Waals surface area (Å²) in [4.78, 5) is 17.1. The third-order valence-corrected chi connectivity index (χ3v) is 6.80. The van der Waals surface area contributed by atoms with Gasteiger partial charge in [-0.05, 0) is 29.6 Å². The standard InChI is InChI=1S/C26H26N4O2S/c31-26(27-19-24(25-12-7-17-33-25)29-13-15-32-16-14-29)23-18-22(20-8-3-1-4-9-20)28-30(23)21-10-5-2-6-11-21/h1-12,17-18,24H,13-16,19H2,(H,27,31)/t24-/m1/s1. The van der Waals surface area contributed by atoms with Crippen LogP contribution >= 0.6 is 11.3 Å². The molecule has 0 spiro atoms. The fourth-order valence-electron chi connectivity index (χ4n) is 4.12. The highest BCUT2D eigenvalue weighted by atomic mass is 32.1. The first-order chi connectivity index (χ1) is 16.3. The molecule has 1 N–H and O–H groups in total. The average Bonchev–Trinajstić information content (AvgIpc) is 3.57. The van der Waals surface area contributed by atoms with Crippen LogP contribution in [0.15, 0.2) is 84.2 Å². The van der Waals surface area contributed by atoms with Gasteiger partial charge < -0.3 is 10.1 Å². The number of thiophene rings is 1. The Morgan fingerprint density at radius 2 is 1.73 bits per heavy atom. The van der Waals surface area contributed by atoms with Crippen LogP contribution in [0.25, 0.3) is 16.9 Å². The largest absolute Gasteiger partial charge is 0.379 e. The molecule has 2 aromatic carbocycles. The van der Waals surface area contributed by atoms with Gasteiger partial charge in [-0.15, -0.1) is 11.3 Å². The lowest BCUT2D eigenvalue weighted by atomic mass is 10.1. The van der Waals surface area contributed by atoms with Crippen molar-refractivity contribution in [2.45, 2.75) is 6.04 Å². The van der Waals surface area contributed by atoms with Crippen LogP contribution in [0.2, 0.25) is 0 Å². The number of hydrogen-bond donors (Lipinski definition) is 1. The zero-order chi connectivity index (χ0) is 22.5. The molecule has 3 heterocycles. The maximum absolute atomic E-state index is 13.4. The summed E-state index contributed by atoms with van der Waals surface area (Å²) in [5.74, 6) is -0.136. The normalized spacial score (nSPS) is 15.3. The third-order valence-electron chi connectivity index (χ3n) is 5.83. The quantitative estimate of drug-likeness (QED) is 0.446. The molecule has 5 rings (SSSR count). The minimum atomic E-state index is -0.136. The molecule has 4 aromatic rings. The molecule has 0 bridgehead atoms. The first-order valence-corrected chi connectivity index (χ1v) is 12.0. The van der Waals surface area contributed by atoms with Gasteiger partial charge in [0.1, 0.15) is 5.69 Å². The molecule has 0 radical (unpaired) electrons. The summed E-state index contributed by atoms with van der Waals surface area (Å²) in [6.45, 7) is 3.69. The second-order valence-electron chi connectivity index (χ2n) is 7.92. The van der Waals surface area contributed by atoms with Crippen LogP contribution in [0.3, 0.4) is 0 Å². The fraction of sp³-hybridized carbons (Fsp3) is 0.231. The van der Waals surface area contributed by atoms with E-state index in [1.807, 2.05) is 66.7 Å². The number of para-hydroxylation sites is 1. The Balaban J connectivity index is 1.42. The topological polar surface area (TPSA) is 59.4 Å². The lowest BCUT2D eigenvalue weighted by Crippen LogP contribution is -2.43. The Kier molecular flexibility index (Phi) is 6.62. The monoisotopic (exact) mass is 458 g/mol. The van der Waals surface area contributed by atoms with Crippen LogP contribution in [0.4, 0.5) is 0 Å². The number of rotatable bonds is 7. The first-order valence-electron chi connectivity index (χ1n) is 11.1. The van der Waals surface area contributed by atoms with E-state index >= 15 is 0 Å². The van der Waals surface area contributed by atoms with E-state index in [1.165, 1.54) is 4.88 Å². The second kappa shape index (κ2) is 10.1. The van der Waals surface area contributed by atoms with Crippen LogP contribution in [0.5, 0.6) is 0 Å². The van der Waals surface area contributed by atoms with Crippen LogP contribution < -0.4 is 5.32 Å². The number of hydrogen-bond acceptors (Lipinski definition) is 5. The SMILES string of the molecule is O=C(NC[C@H](c1cccs1)N1CCOCC1)c1cc(-c2ccccc2)nn1-c1ccccc1. The molecule has 1 amide bonds. The predicted molar refractivity (Wildman–Crippen MR) is 131 cm³/mol. The van der Waals surface area contributed by atoms with Crippen molar-refractivity contribution in [3.63, 3.8) is 0 Å². The van der Waals surface area contributed by atoms with Crippen molar-refractivity contribution < 1.29 is 9.53 Å². The zero-order valence-electron chi connectivity index (χ0n) is 18.3. The molecule has 168 valence electrons. The van der Waals surface area contributed by atoms with Gasteiger partial charge in [0.05, 0.1) is 30.6 Å². The van der Waals surface area contributed by atoms with Crippen molar-refractivity contribution in [3.8, 4) is 16.9 Å². The average molecular weight is 459 g/mol. The van der Waals surface area contributed by atoms with Crippen LogP contribution in [-0.2, 0) is 4.74 Å². The molecule has 1 saturated heterocycles.